The molecule has 2 amide bonds. The number of carbonyl (C=O) groups excluding carboxylic acids is 3. The maximum atomic E-state index is 13.7. The van der Waals surface area contributed by atoms with Crippen LogP contribution in [0.5, 0.6) is 17.2 Å². The van der Waals surface area contributed by atoms with Gasteiger partial charge in [-0.15, -0.1) is 0 Å². The van der Waals surface area contributed by atoms with E-state index in [2.05, 4.69) is 10.6 Å². The number of nitrogens with one attached hydrogen (secondary N) is 2. The van der Waals surface area contributed by atoms with Crippen LogP contribution in [0, 0.1) is 0 Å². The number of nitrogens with zero attached hydrogens (tertiary/aromatic N) is 1. The molecule has 0 fully saturated rings. The number of hydrogen-bond donors (Lipinski definition) is 6. The zero-order valence-corrected chi connectivity index (χ0v) is 26.4. The van der Waals surface area contributed by atoms with Crippen molar-refractivity contribution in [1.29, 1.82) is 0 Å². The second kappa shape index (κ2) is 20.2. The molecule has 0 aliphatic carbocycles. The lowest BCUT2D eigenvalue weighted by Crippen LogP contribution is -2.48. The lowest BCUT2D eigenvalue weighted by atomic mass is 10.0. The third-order valence-corrected chi connectivity index (χ3v) is 7.18. The fourth-order valence-corrected chi connectivity index (χ4v) is 4.57. The molecule has 3 rings (SSSR count). The summed E-state index contributed by atoms with van der Waals surface area (Å²) in [5.74, 6) is -1.57. The highest BCUT2D eigenvalue weighted by atomic mass is 16.3. The zero-order chi connectivity index (χ0) is 33.9. The van der Waals surface area contributed by atoms with Crippen LogP contribution in [0.15, 0.2) is 91.0 Å². The molecule has 0 saturated carbocycles. The predicted molar refractivity (Wildman–Crippen MR) is 185 cm³/mol. The van der Waals surface area contributed by atoms with Crippen LogP contribution < -0.4 is 16.4 Å². The SMILES string of the molecule is NCCCNCCCCNCCC(C(=O)/C=C/c1ccc(O)cc1)N(C(=O)/C=C/c1ccc(O)cc1)C(=O)/C=C/c1ccc(O)cc1. The molecule has 7 N–H and O–H groups in total. The highest BCUT2D eigenvalue weighted by Gasteiger charge is 2.31. The number of phenols is 3. The Kier molecular flexibility index (Phi) is 15.6. The first-order valence-electron chi connectivity index (χ1n) is 15.7. The van der Waals surface area contributed by atoms with E-state index < -0.39 is 23.6 Å². The molecule has 248 valence electrons. The number of hydrogen-bond acceptors (Lipinski definition) is 9. The van der Waals surface area contributed by atoms with Gasteiger partial charge >= 0.3 is 0 Å². The van der Waals surface area contributed by atoms with Gasteiger partial charge in [0.05, 0.1) is 0 Å². The van der Waals surface area contributed by atoms with Crippen molar-refractivity contribution < 1.29 is 29.7 Å². The molecule has 0 spiro atoms. The fraction of sp³-hybridized carbons (Fsp3) is 0.270. The number of carbonyl (C=O) groups is 3. The Hall–Kier alpha value is -5.03. The smallest absolute Gasteiger partial charge is 0.254 e. The number of rotatable bonds is 19. The van der Waals surface area contributed by atoms with Gasteiger partial charge in [-0.05, 0) is 130 Å². The van der Waals surface area contributed by atoms with Gasteiger partial charge in [0.2, 0.25) is 0 Å². The highest BCUT2D eigenvalue weighted by molar-refractivity contribution is 6.12. The van der Waals surface area contributed by atoms with E-state index in [1.165, 1.54) is 66.8 Å². The average Bonchev–Trinajstić information content (AvgIpc) is 3.07. The quantitative estimate of drug-likeness (QED) is 0.0831. The predicted octanol–water partition coefficient (Wildman–Crippen LogP) is 4.23. The number of amides is 2. The lowest BCUT2D eigenvalue weighted by molar-refractivity contribution is -0.145. The van der Waals surface area contributed by atoms with Crippen LogP contribution in [-0.2, 0) is 14.4 Å². The van der Waals surface area contributed by atoms with Crippen LogP contribution in [0.3, 0.4) is 0 Å². The fourth-order valence-electron chi connectivity index (χ4n) is 4.57. The molecule has 0 radical (unpaired) electrons. The van der Waals surface area contributed by atoms with Crippen LogP contribution in [0.4, 0.5) is 0 Å². The van der Waals surface area contributed by atoms with Crippen molar-refractivity contribution in [1.82, 2.24) is 15.5 Å². The molecule has 3 aromatic rings. The molecule has 0 aromatic heterocycles. The number of imide groups is 1. The number of benzene rings is 3. The van der Waals surface area contributed by atoms with Crippen molar-refractivity contribution in [2.75, 3.05) is 32.7 Å². The molecule has 0 saturated heterocycles. The Bertz CT molecular complexity index is 1430. The number of phenolic OH excluding ortho intramolecular Hbond substituents is 3. The summed E-state index contributed by atoms with van der Waals surface area (Å²) >= 11 is 0. The minimum absolute atomic E-state index is 0.0751. The third kappa shape index (κ3) is 13.5. The maximum Gasteiger partial charge on any atom is 0.254 e. The standard InChI is InChI=1S/C37H44N4O6/c38-23-3-26-39-24-1-2-25-40-27-22-34(35(45)19-10-28-4-13-31(42)14-5-28)41(36(46)20-11-29-6-15-32(43)16-7-29)37(47)21-12-30-8-17-33(44)18-9-30/h4-21,34,39-40,42-44H,1-3,22-27,38H2/b19-10+,20-11+,21-12+. The summed E-state index contributed by atoms with van der Waals surface area (Å²) in [5.41, 5.74) is 7.43. The Labute approximate surface area is 275 Å². The molecule has 1 atom stereocenters. The first-order valence-corrected chi connectivity index (χ1v) is 15.7. The topological polar surface area (TPSA) is 165 Å². The van der Waals surface area contributed by atoms with E-state index in [1.807, 2.05) is 0 Å². The molecule has 10 nitrogen and oxygen atoms in total. The normalized spacial score (nSPS) is 12.2. The Balaban J connectivity index is 1.83. The molecular formula is C37H44N4O6. The van der Waals surface area contributed by atoms with Gasteiger partial charge in [0, 0.05) is 12.2 Å². The van der Waals surface area contributed by atoms with Crippen LogP contribution in [0.1, 0.15) is 42.4 Å². The van der Waals surface area contributed by atoms with Crippen molar-refractivity contribution >= 4 is 35.8 Å². The summed E-state index contributed by atoms with van der Waals surface area (Å²) in [4.78, 5) is 42.0. The van der Waals surface area contributed by atoms with Gasteiger partial charge < -0.3 is 31.7 Å². The van der Waals surface area contributed by atoms with Gasteiger partial charge in [-0.25, -0.2) is 0 Å². The van der Waals surface area contributed by atoms with Crippen LogP contribution in [0.25, 0.3) is 18.2 Å². The number of nitrogens with two attached hydrogens (primary N) is 1. The molecule has 0 heterocycles. The summed E-state index contributed by atoms with van der Waals surface area (Å²) in [6.45, 7) is 3.49. The van der Waals surface area contributed by atoms with Crippen molar-refractivity contribution in [3.63, 3.8) is 0 Å². The van der Waals surface area contributed by atoms with Crippen molar-refractivity contribution in [3.05, 3.63) is 108 Å². The first-order chi connectivity index (χ1) is 22.8. The van der Waals surface area contributed by atoms with Gasteiger partial charge in [-0.3, -0.25) is 19.3 Å². The van der Waals surface area contributed by atoms with Gasteiger partial charge in [0.25, 0.3) is 11.8 Å². The Morgan fingerprint density at radius 3 is 1.40 bits per heavy atom. The number of ketones is 1. The molecule has 0 aliphatic heterocycles. The maximum absolute atomic E-state index is 13.7. The van der Waals surface area contributed by atoms with E-state index in [1.54, 1.807) is 42.5 Å². The van der Waals surface area contributed by atoms with Gasteiger partial charge in [-0.1, -0.05) is 42.5 Å². The molecule has 1 unspecified atom stereocenters. The summed E-state index contributed by atoms with van der Waals surface area (Å²) in [6, 6.07) is 17.6. The van der Waals surface area contributed by atoms with Crippen LogP contribution in [0.2, 0.25) is 0 Å². The Morgan fingerprint density at radius 1 is 0.596 bits per heavy atom. The van der Waals surface area contributed by atoms with E-state index in [4.69, 9.17) is 5.73 Å². The summed E-state index contributed by atoms with van der Waals surface area (Å²) in [6.07, 6.45) is 11.4. The third-order valence-electron chi connectivity index (χ3n) is 7.18. The second-order valence-electron chi connectivity index (χ2n) is 10.9. The number of unbranched alkanes of at least 4 members (excludes halogenated alkanes) is 1. The van der Waals surface area contributed by atoms with Gasteiger partial charge in [0.1, 0.15) is 23.3 Å². The largest absolute Gasteiger partial charge is 0.508 e. The first kappa shape index (κ1) is 36.4. The summed E-state index contributed by atoms with van der Waals surface area (Å²) in [7, 11) is 0. The summed E-state index contributed by atoms with van der Waals surface area (Å²) < 4.78 is 0. The molecule has 0 bridgehead atoms. The molecule has 10 heteroatoms. The van der Waals surface area contributed by atoms with E-state index in [0.717, 1.165) is 37.3 Å². The molecule has 0 aliphatic rings. The van der Waals surface area contributed by atoms with Gasteiger partial charge in [0.15, 0.2) is 5.78 Å². The second-order valence-corrected chi connectivity index (χ2v) is 10.9. The van der Waals surface area contributed by atoms with E-state index in [9.17, 15) is 29.7 Å². The molecular weight excluding hydrogens is 596 g/mol. The van der Waals surface area contributed by atoms with E-state index in [-0.39, 0.29) is 23.7 Å². The number of aromatic hydroxyl groups is 3. The average molecular weight is 641 g/mol. The van der Waals surface area contributed by atoms with Gasteiger partial charge in [-0.2, -0.15) is 0 Å². The van der Waals surface area contributed by atoms with Crippen LogP contribution in [-0.4, -0.2) is 76.6 Å². The van der Waals surface area contributed by atoms with E-state index in [0.29, 0.717) is 36.3 Å². The lowest BCUT2D eigenvalue weighted by Gasteiger charge is -2.27. The highest BCUT2D eigenvalue weighted by Crippen LogP contribution is 2.17. The van der Waals surface area contributed by atoms with Crippen molar-refractivity contribution in [3.8, 4) is 17.2 Å². The minimum atomic E-state index is -1.12. The summed E-state index contributed by atoms with van der Waals surface area (Å²) in [5, 5.41) is 35.5. The van der Waals surface area contributed by atoms with E-state index >= 15 is 0 Å². The molecule has 3 aromatic carbocycles. The molecule has 47 heavy (non-hydrogen) atoms. The zero-order valence-electron chi connectivity index (χ0n) is 26.4. The minimum Gasteiger partial charge on any atom is -0.508 e. The van der Waals surface area contributed by atoms with Crippen molar-refractivity contribution in [2.24, 2.45) is 5.73 Å². The Morgan fingerprint density at radius 2 is 0.979 bits per heavy atom. The van der Waals surface area contributed by atoms with Crippen molar-refractivity contribution in [2.45, 2.75) is 31.7 Å². The monoisotopic (exact) mass is 640 g/mol. The van der Waals surface area contributed by atoms with Crippen LogP contribution >= 0.6 is 0 Å².